The number of hydrogen-bond donors (Lipinski definition) is 2. The summed E-state index contributed by atoms with van der Waals surface area (Å²) in [6.07, 6.45) is 4.92. The number of ether oxygens (including phenoxy) is 1. The van der Waals surface area contributed by atoms with Gasteiger partial charge in [0.25, 0.3) is 5.91 Å². The van der Waals surface area contributed by atoms with Crippen LogP contribution in [0, 0.1) is 12.3 Å². The van der Waals surface area contributed by atoms with Gasteiger partial charge < -0.3 is 15.2 Å². The predicted octanol–water partition coefficient (Wildman–Crippen LogP) is 7.40. The summed E-state index contributed by atoms with van der Waals surface area (Å²) in [5.74, 6) is -1.08. The van der Waals surface area contributed by atoms with Crippen LogP contribution in [0.5, 0.6) is 0 Å². The van der Waals surface area contributed by atoms with Crippen LogP contribution in [0.15, 0.2) is 30.3 Å². The van der Waals surface area contributed by atoms with Crippen LogP contribution >= 0.6 is 11.3 Å². The minimum atomic E-state index is -1.07. The molecule has 5 nitrogen and oxygen atoms in total. The third kappa shape index (κ3) is 6.62. The van der Waals surface area contributed by atoms with Gasteiger partial charge in [-0.25, -0.2) is 4.79 Å². The maximum absolute atomic E-state index is 12.7. The van der Waals surface area contributed by atoms with E-state index in [1.807, 2.05) is 58.9 Å². The molecule has 0 spiro atoms. The monoisotopic (exact) mass is 497 g/mol. The molecule has 1 unspecified atom stereocenters. The van der Waals surface area contributed by atoms with E-state index in [0.717, 1.165) is 52.1 Å². The summed E-state index contributed by atoms with van der Waals surface area (Å²) < 4.78 is 6.11. The third-order valence-electron chi connectivity index (χ3n) is 6.30. The number of carbonyl (C=O) groups is 2. The van der Waals surface area contributed by atoms with Crippen molar-refractivity contribution >= 4 is 28.8 Å². The SMILES string of the molecule is CCCNC(=O)c1cccc(-c2sc(C)c(C(OC(C)(C)C)C(=O)O)c2C2=CCC(C)(C)CC2)c1. The fourth-order valence-electron chi connectivity index (χ4n) is 4.43. The molecule has 0 saturated heterocycles. The molecule has 35 heavy (non-hydrogen) atoms. The van der Waals surface area contributed by atoms with Crippen molar-refractivity contribution in [1.82, 2.24) is 5.32 Å². The first-order chi connectivity index (χ1) is 16.3. The molecule has 2 N–H and O–H groups in total. The minimum absolute atomic E-state index is 0.0955. The predicted molar refractivity (Wildman–Crippen MR) is 144 cm³/mol. The molecule has 1 aromatic heterocycles. The molecule has 6 heteroatoms. The quantitative estimate of drug-likeness (QED) is 0.398. The number of thiophene rings is 1. The smallest absolute Gasteiger partial charge is 0.337 e. The van der Waals surface area contributed by atoms with Gasteiger partial charge in [-0.15, -0.1) is 11.3 Å². The number of carboxylic acids is 1. The summed E-state index contributed by atoms with van der Waals surface area (Å²) in [6.45, 7) is 14.8. The first kappa shape index (κ1) is 27.2. The standard InChI is InChI=1S/C29H39NO4S/c1-8-16-30-26(31)21-11-9-10-20(17-21)25-23(19-12-14-29(6,7)15-13-19)22(18(2)35-25)24(27(32)33)34-28(3,4)5/h9-12,17,24H,8,13-16H2,1-7H3,(H,30,31)(H,32,33). The summed E-state index contributed by atoms with van der Waals surface area (Å²) in [4.78, 5) is 27.0. The zero-order valence-corrected chi connectivity index (χ0v) is 22.9. The Hall–Kier alpha value is -2.44. The molecule has 0 fully saturated rings. The zero-order valence-electron chi connectivity index (χ0n) is 22.1. The number of carbonyl (C=O) groups excluding carboxylic acids is 1. The lowest BCUT2D eigenvalue weighted by molar-refractivity contribution is -0.160. The molecule has 1 heterocycles. The van der Waals surface area contributed by atoms with Crippen molar-refractivity contribution in [2.75, 3.05) is 6.54 Å². The van der Waals surface area contributed by atoms with Crippen LogP contribution in [-0.4, -0.2) is 29.1 Å². The van der Waals surface area contributed by atoms with Crippen molar-refractivity contribution in [3.63, 3.8) is 0 Å². The van der Waals surface area contributed by atoms with E-state index in [4.69, 9.17) is 4.74 Å². The summed E-state index contributed by atoms with van der Waals surface area (Å²) in [7, 11) is 0. The number of aryl methyl sites for hydroxylation is 1. The van der Waals surface area contributed by atoms with Crippen LogP contribution in [0.2, 0.25) is 0 Å². The van der Waals surface area contributed by atoms with Crippen molar-refractivity contribution < 1.29 is 19.4 Å². The summed E-state index contributed by atoms with van der Waals surface area (Å²) in [6, 6.07) is 7.63. The Morgan fingerprint density at radius 1 is 1.26 bits per heavy atom. The number of carboxylic acid groups (broad SMARTS) is 1. The minimum Gasteiger partial charge on any atom is -0.479 e. The van der Waals surface area contributed by atoms with Crippen molar-refractivity contribution in [1.29, 1.82) is 0 Å². The molecule has 190 valence electrons. The number of amides is 1. The van der Waals surface area contributed by atoms with Crippen LogP contribution in [-0.2, 0) is 9.53 Å². The number of rotatable bonds is 8. The number of benzene rings is 1. The fourth-order valence-corrected chi connectivity index (χ4v) is 5.64. The third-order valence-corrected chi connectivity index (χ3v) is 7.47. The van der Waals surface area contributed by atoms with Crippen molar-refractivity contribution in [2.24, 2.45) is 5.41 Å². The molecule has 1 aliphatic rings. The Balaban J connectivity index is 2.20. The summed E-state index contributed by atoms with van der Waals surface area (Å²) >= 11 is 1.58. The second-order valence-electron chi connectivity index (χ2n) is 11.2. The van der Waals surface area contributed by atoms with Gasteiger partial charge in [0.15, 0.2) is 6.10 Å². The Morgan fingerprint density at radius 3 is 2.54 bits per heavy atom. The average Bonchev–Trinajstić information content (AvgIpc) is 3.12. The van der Waals surface area contributed by atoms with Gasteiger partial charge in [-0.05, 0) is 82.1 Å². The van der Waals surface area contributed by atoms with Gasteiger partial charge in [0.05, 0.1) is 5.60 Å². The topological polar surface area (TPSA) is 75.6 Å². The highest BCUT2D eigenvalue weighted by atomic mass is 32.1. The van der Waals surface area contributed by atoms with Gasteiger partial charge >= 0.3 is 5.97 Å². The number of nitrogens with one attached hydrogen (secondary N) is 1. The lowest BCUT2D eigenvalue weighted by Crippen LogP contribution is -2.28. The van der Waals surface area contributed by atoms with E-state index in [9.17, 15) is 14.7 Å². The molecule has 1 amide bonds. The van der Waals surface area contributed by atoms with Crippen molar-refractivity contribution in [2.45, 2.75) is 85.9 Å². The molecular formula is C29H39NO4S. The number of allylic oxidation sites excluding steroid dienone is 2. The van der Waals surface area contributed by atoms with E-state index in [0.29, 0.717) is 12.1 Å². The lowest BCUT2D eigenvalue weighted by Gasteiger charge is -2.31. The molecule has 1 aliphatic carbocycles. The number of hydrogen-bond acceptors (Lipinski definition) is 4. The molecule has 0 saturated carbocycles. The Kier molecular flexibility index (Phi) is 8.28. The van der Waals surface area contributed by atoms with Gasteiger partial charge in [-0.1, -0.05) is 39.0 Å². The van der Waals surface area contributed by atoms with E-state index < -0.39 is 17.7 Å². The Labute approximate surface area is 213 Å². The maximum atomic E-state index is 12.7. The van der Waals surface area contributed by atoms with E-state index in [1.54, 1.807) is 11.3 Å². The summed E-state index contributed by atoms with van der Waals surface area (Å²) in [5, 5.41) is 13.2. The first-order valence-corrected chi connectivity index (χ1v) is 13.3. The molecule has 3 rings (SSSR count). The molecule has 2 aromatic rings. The highest BCUT2D eigenvalue weighted by Gasteiger charge is 2.35. The van der Waals surface area contributed by atoms with Crippen molar-refractivity contribution in [3.05, 3.63) is 51.9 Å². The molecule has 0 aliphatic heterocycles. The molecule has 1 aromatic carbocycles. The van der Waals surface area contributed by atoms with Gasteiger partial charge in [0.2, 0.25) is 0 Å². The second-order valence-corrected chi connectivity index (χ2v) is 12.4. The normalized spacial score (nSPS) is 16.5. The average molecular weight is 498 g/mol. The van der Waals surface area contributed by atoms with Crippen LogP contribution in [0.25, 0.3) is 16.0 Å². The van der Waals surface area contributed by atoms with Gasteiger partial charge in [0, 0.05) is 33.0 Å². The van der Waals surface area contributed by atoms with Gasteiger partial charge in [-0.2, -0.15) is 0 Å². The van der Waals surface area contributed by atoms with Crippen molar-refractivity contribution in [3.8, 4) is 10.4 Å². The van der Waals surface area contributed by atoms with E-state index in [1.165, 1.54) is 5.57 Å². The largest absolute Gasteiger partial charge is 0.479 e. The lowest BCUT2D eigenvalue weighted by atomic mass is 9.76. The van der Waals surface area contributed by atoms with Gasteiger partial charge in [0.1, 0.15) is 0 Å². The molecule has 0 bridgehead atoms. The van der Waals surface area contributed by atoms with Crippen LogP contribution in [0.3, 0.4) is 0 Å². The Morgan fingerprint density at radius 2 is 1.97 bits per heavy atom. The maximum Gasteiger partial charge on any atom is 0.337 e. The van der Waals surface area contributed by atoms with Crippen LogP contribution < -0.4 is 5.32 Å². The summed E-state index contributed by atoms with van der Waals surface area (Å²) in [5.41, 5.74) is 4.01. The number of aliphatic carboxylic acids is 1. The highest BCUT2D eigenvalue weighted by molar-refractivity contribution is 7.16. The zero-order chi connectivity index (χ0) is 26.0. The molecular weight excluding hydrogens is 458 g/mol. The first-order valence-electron chi connectivity index (χ1n) is 12.4. The van der Waals surface area contributed by atoms with Crippen LogP contribution in [0.1, 0.15) is 99.7 Å². The molecule has 1 atom stereocenters. The van der Waals surface area contributed by atoms with E-state index in [2.05, 4.69) is 25.2 Å². The van der Waals surface area contributed by atoms with E-state index in [-0.39, 0.29) is 11.3 Å². The van der Waals surface area contributed by atoms with Gasteiger partial charge in [-0.3, -0.25) is 4.79 Å². The highest BCUT2D eigenvalue weighted by Crippen LogP contribution is 2.48. The van der Waals surface area contributed by atoms with E-state index >= 15 is 0 Å². The Bertz CT molecular complexity index is 1120. The fraction of sp³-hybridized carbons (Fsp3) is 0.517. The van der Waals surface area contributed by atoms with Crippen LogP contribution in [0.4, 0.5) is 0 Å². The molecule has 0 radical (unpaired) electrons. The second kappa shape index (κ2) is 10.7.